The zero-order valence-corrected chi connectivity index (χ0v) is 13.4. The van der Waals surface area contributed by atoms with Crippen LogP contribution in [0, 0.1) is 0 Å². The normalized spacial score (nSPS) is 14.8. The summed E-state index contributed by atoms with van der Waals surface area (Å²) in [5.74, 6) is 0.208. The minimum atomic E-state index is 0.208. The van der Waals surface area contributed by atoms with Crippen LogP contribution >= 0.6 is 27.3 Å². The van der Waals surface area contributed by atoms with Gasteiger partial charge in [-0.1, -0.05) is 28.1 Å². The second kappa shape index (κ2) is 6.06. The molecule has 0 aliphatic carbocycles. The number of carbonyl (C=O) groups is 1. The minimum Gasteiger partial charge on any atom is -0.342 e. The number of benzene rings is 1. The van der Waals surface area contributed by atoms with Crippen LogP contribution in [0.3, 0.4) is 0 Å². The van der Waals surface area contributed by atoms with Gasteiger partial charge in [0.15, 0.2) is 0 Å². The van der Waals surface area contributed by atoms with Crippen molar-refractivity contribution in [2.75, 3.05) is 13.1 Å². The Morgan fingerprint density at radius 2 is 1.95 bits per heavy atom. The number of likely N-dealkylation sites (tertiary alicyclic amines) is 1. The van der Waals surface area contributed by atoms with Crippen LogP contribution in [-0.2, 0) is 11.2 Å². The van der Waals surface area contributed by atoms with Crippen molar-refractivity contribution in [3.05, 3.63) is 39.1 Å². The molecule has 1 saturated heterocycles. The van der Waals surface area contributed by atoms with Gasteiger partial charge in [-0.2, -0.15) is 0 Å². The highest BCUT2D eigenvalue weighted by Crippen LogP contribution is 2.24. The van der Waals surface area contributed by atoms with Gasteiger partial charge in [-0.25, -0.2) is 4.98 Å². The van der Waals surface area contributed by atoms with E-state index in [1.807, 2.05) is 34.5 Å². The summed E-state index contributed by atoms with van der Waals surface area (Å²) < 4.78 is 1.06. The molecular formula is C15H15BrN2OS. The average Bonchev–Trinajstić information content (AvgIpc) is 3.10. The Morgan fingerprint density at radius 1 is 1.25 bits per heavy atom. The van der Waals surface area contributed by atoms with Gasteiger partial charge < -0.3 is 4.90 Å². The van der Waals surface area contributed by atoms with Crippen LogP contribution in [0.15, 0.2) is 34.1 Å². The van der Waals surface area contributed by atoms with Gasteiger partial charge in [-0.3, -0.25) is 4.79 Å². The van der Waals surface area contributed by atoms with Crippen molar-refractivity contribution in [2.24, 2.45) is 0 Å². The molecule has 0 bridgehead atoms. The van der Waals surface area contributed by atoms with E-state index >= 15 is 0 Å². The maximum absolute atomic E-state index is 12.1. The van der Waals surface area contributed by atoms with E-state index in [2.05, 4.69) is 20.9 Å². The second-order valence-corrected chi connectivity index (χ2v) is 6.76. The Labute approximate surface area is 130 Å². The SMILES string of the molecule is O=C(Cc1nc(-c2ccc(Br)cc2)cs1)N1CCCC1. The van der Waals surface area contributed by atoms with Crippen LogP contribution in [0.25, 0.3) is 11.3 Å². The molecule has 1 fully saturated rings. The number of rotatable bonds is 3. The molecule has 0 N–H and O–H groups in total. The molecule has 1 aromatic carbocycles. The van der Waals surface area contributed by atoms with Crippen molar-refractivity contribution in [1.29, 1.82) is 0 Å². The predicted octanol–water partition coefficient (Wildman–Crippen LogP) is 3.74. The molecule has 3 rings (SSSR count). The third-order valence-electron chi connectivity index (χ3n) is 3.45. The van der Waals surface area contributed by atoms with Crippen molar-refractivity contribution in [3.63, 3.8) is 0 Å². The summed E-state index contributed by atoms with van der Waals surface area (Å²) in [6, 6.07) is 8.07. The summed E-state index contributed by atoms with van der Waals surface area (Å²) in [7, 11) is 0. The number of thiazole rings is 1. The largest absolute Gasteiger partial charge is 0.342 e. The van der Waals surface area contributed by atoms with E-state index in [1.165, 1.54) is 0 Å². The number of hydrogen-bond acceptors (Lipinski definition) is 3. The maximum Gasteiger partial charge on any atom is 0.229 e. The van der Waals surface area contributed by atoms with Crippen LogP contribution in [0.1, 0.15) is 17.8 Å². The first-order valence-electron chi connectivity index (χ1n) is 6.70. The third kappa shape index (κ3) is 3.10. The first-order chi connectivity index (χ1) is 9.72. The maximum atomic E-state index is 12.1. The van der Waals surface area contributed by atoms with Crippen molar-refractivity contribution in [3.8, 4) is 11.3 Å². The molecule has 1 aromatic heterocycles. The lowest BCUT2D eigenvalue weighted by Crippen LogP contribution is -2.28. The van der Waals surface area contributed by atoms with Crippen LogP contribution in [-0.4, -0.2) is 28.9 Å². The Morgan fingerprint density at radius 3 is 2.65 bits per heavy atom. The van der Waals surface area contributed by atoms with Crippen molar-refractivity contribution in [2.45, 2.75) is 19.3 Å². The topological polar surface area (TPSA) is 33.2 Å². The molecule has 2 aromatic rings. The molecule has 1 aliphatic heterocycles. The highest BCUT2D eigenvalue weighted by Gasteiger charge is 2.19. The van der Waals surface area contributed by atoms with Crippen molar-refractivity contribution >= 4 is 33.2 Å². The Kier molecular flexibility index (Phi) is 4.17. The van der Waals surface area contributed by atoms with E-state index in [-0.39, 0.29) is 5.91 Å². The van der Waals surface area contributed by atoms with Gasteiger partial charge in [0, 0.05) is 28.5 Å². The molecular weight excluding hydrogens is 336 g/mol. The van der Waals surface area contributed by atoms with Crippen LogP contribution in [0.5, 0.6) is 0 Å². The molecule has 0 radical (unpaired) electrons. The molecule has 20 heavy (non-hydrogen) atoms. The summed E-state index contributed by atoms with van der Waals surface area (Å²) in [5, 5.41) is 2.93. The van der Waals surface area contributed by atoms with Crippen molar-refractivity contribution in [1.82, 2.24) is 9.88 Å². The quantitative estimate of drug-likeness (QED) is 0.844. The van der Waals surface area contributed by atoms with Crippen LogP contribution in [0.4, 0.5) is 0 Å². The highest BCUT2D eigenvalue weighted by atomic mass is 79.9. The Hall–Kier alpha value is -1.20. The smallest absolute Gasteiger partial charge is 0.229 e. The fraction of sp³-hybridized carbons (Fsp3) is 0.333. The monoisotopic (exact) mass is 350 g/mol. The summed E-state index contributed by atoms with van der Waals surface area (Å²) in [6.45, 7) is 1.81. The van der Waals surface area contributed by atoms with Gasteiger partial charge in [0.2, 0.25) is 5.91 Å². The number of hydrogen-bond donors (Lipinski definition) is 0. The third-order valence-corrected chi connectivity index (χ3v) is 4.83. The molecule has 104 valence electrons. The van der Waals surface area contributed by atoms with E-state index in [4.69, 9.17) is 0 Å². The zero-order valence-electron chi connectivity index (χ0n) is 11.0. The van der Waals surface area contributed by atoms with Gasteiger partial charge in [-0.05, 0) is 25.0 Å². The number of aromatic nitrogens is 1. The molecule has 3 nitrogen and oxygen atoms in total. The summed E-state index contributed by atoms with van der Waals surface area (Å²) in [5.41, 5.74) is 2.04. The van der Waals surface area contributed by atoms with Crippen LogP contribution in [0.2, 0.25) is 0 Å². The Balaban J connectivity index is 1.70. The number of carbonyl (C=O) groups excluding carboxylic acids is 1. The lowest BCUT2D eigenvalue weighted by Gasteiger charge is -2.13. The first kappa shape index (κ1) is 13.8. The Bertz CT molecular complexity index is 603. The van der Waals surface area contributed by atoms with Gasteiger partial charge in [0.05, 0.1) is 12.1 Å². The molecule has 5 heteroatoms. The lowest BCUT2D eigenvalue weighted by atomic mass is 10.2. The first-order valence-corrected chi connectivity index (χ1v) is 8.38. The molecule has 0 unspecified atom stereocenters. The highest BCUT2D eigenvalue weighted by molar-refractivity contribution is 9.10. The van der Waals surface area contributed by atoms with Gasteiger partial charge >= 0.3 is 0 Å². The molecule has 0 spiro atoms. The van der Waals surface area contributed by atoms with E-state index < -0.39 is 0 Å². The van der Waals surface area contributed by atoms with E-state index in [9.17, 15) is 4.79 Å². The number of amides is 1. The fourth-order valence-electron chi connectivity index (χ4n) is 2.35. The second-order valence-electron chi connectivity index (χ2n) is 4.90. The van der Waals surface area contributed by atoms with Gasteiger partial charge in [-0.15, -0.1) is 11.3 Å². The van der Waals surface area contributed by atoms with Crippen molar-refractivity contribution < 1.29 is 4.79 Å². The zero-order chi connectivity index (χ0) is 13.9. The lowest BCUT2D eigenvalue weighted by molar-refractivity contribution is -0.129. The van der Waals surface area contributed by atoms with E-state index in [1.54, 1.807) is 11.3 Å². The molecule has 0 saturated carbocycles. The van der Waals surface area contributed by atoms with E-state index in [0.717, 1.165) is 46.7 Å². The van der Waals surface area contributed by atoms with Gasteiger partial charge in [0.1, 0.15) is 5.01 Å². The van der Waals surface area contributed by atoms with E-state index in [0.29, 0.717) is 6.42 Å². The number of nitrogens with zero attached hydrogens (tertiary/aromatic N) is 2. The molecule has 2 heterocycles. The van der Waals surface area contributed by atoms with Crippen LogP contribution < -0.4 is 0 Å². The minimum absolute atomic E-state index is 0.208. The number of halogens is 1. The average molecular weight is 351 g/mol. The summed E-state index contributed by atoms with van der Waals surface area (Å²) in [4.78, 5) is 18.6. The van der Waals surface area contributed by atoms with Gasteiger partial charge in [0.25, 0.3) is 0 Å². The standard InChI is InChI=1S/C15H15BrN2OS/c16-12-5-3-11(4-6-12)13-10-20-14(17-13)9-15(19)18-7-1-2-8-18/h3-6,10H,1-2,7-9H2. The summed E-state index contributed by atoms with van der Waals surface area (Å²) >= 11 is 4.99. The molecule has 1 aliphatic rings. The molecule has 1 amide bonds. The fourth-order valence-corrected chi connectivity index (χ4v) is 3.41. The summed E-state index contributed by atoms with van der Waals surface area (Å²) in [6.07, 6.45) is 2.70. The molecule has 0 atom stereocenters. The predicted molar refractivity (Wildman–Crippen MR) is 84.8 cm³/mol.